The van der Waals surface area contributed by atoms with Crippen molar-refractivity contribution in [2.45, 2.75) is 13.8 Å². The van der Waals surface area contributed by atoms with Crippen molar-refractivity contribution in [3.8, 4) is 18.0 Å². The van der Waals surface area contributed by atoms with E-state index < -0.39 is 0 Å². The van der Waals surface area contributed by atoms with Gasteiger partial charge in [0.15, 0.2) is 0 Å². The van der Waals surface area contributed by atoms with Gasteiger partial charge < -0.3 is 4.57 Å². The largest absolute Gasteiger partial charge is 0.318 e. The molecule has 1 aliphatic heterocycles. The molecule has 2 aromatic carbocycles. The van der Waals surface area contributed by atoms with Crippen LogP contribution < -0.4 is 0 Å². The number of carbonyl (C=O) groups excluding carboxylic acids is 2. The van der Waals surface area contributed by atoms with Gasteiger partial charge in [0.05, 0.1) is 11.4 Å². The lowest BCUT2D eigenvalue weighted by Gasteiger charge is -2.11. The Balaban J connectivity index is 1.75. The van der Waals surface area contributed by atoms with Crippen molar-refractivity contribution in [2.75, 3.05) is 6.54 Å². The number of rotatable bonds is 3. The smallest absolute Gasteiger partial charge is 0.294 e. The Morgan fingerprint density at radius 1 is 1.07 bits per heavy atom. The van der Waals surface area contributed by atoms with Crippen LogP contribution in [0.2, 0.25) is 0 Å². The number of hydrogen-bond acceptors (Lipinski definition) is 3. The van der Waals surface area contributed by atoms with Crippen LogP contribution in [0.3, 0.4) is 0 Å². The fraction of sp³-hybridized carbons (Fsp3) is 0.130. The maximum atomic E-state index is 12.4. The van der Waals surface area contributed by atoms with Gasteiger partial charge in [-0.3, -0.25) is 14.5 Å². The highest BCUT2D eigenvalue weighted by molar-refractivity contribution is 8.18. The molecule has 0 atom stereocenters. The summed E-state index contributed by atoms with van der Waals surface area (Å²) in [6.45, 7) is 4.04. The van der Waals surface area contributed by atoms with E-state index in [1.54, 1.807) is 6.08 Å². The summed E-state index contributed by atoms with van der Waals surface area (Å²) < 4.78 is 2.16. The van der Waals surface area contributed by atoms with Crippen molar-refractivity contribution in [1.29, 1.82) is 0 Å². The minimum Gasteiger partial charge on any atom is -0.318 e. The first-order valence-corrected chi connectivity index (χ1v) is 9.68. The summed E-state index contributed by atoms with van der Waals surface area (Å²) in [7, 11) is 0. The maximum absolute atomic E-state index is 12.4. The van der Waals surface area contributed by atoms with Crippen LogP contribution in [0.5, 0.6) is 0 Å². The molecule has 4 nitrogen and oxygen atoms in total. The van der Waals surface area contributed by atoms with Crippen LogP contribution in [0.15, 0.2) is 53.4 Å². The van der Waals surface area contributed by atoms with Gasteiger partial charge in [0.25, 0.3) is 11.1 Å². The van der Waals surface area contributed by atoms with E-state index in [2.05, 4.69) is 40.8 Å². The van der Waals surface area contributed by atoms with E-state index in [4.69, 9.17) is 6.42 Å². The zero-order valence-electron chi connectivity index (χ0n) is 15.6. The average Bonchev–Trinajstić information content (AvgIpc) is 3.11. The number of benzene rings is 2. The molecule has 2 amide bonds. The van der Waals surface area contributed by atoms with Crippen molar-refractivity contribution >= 4 is 39.8 Å². The van der Waals surface area contributed by atoms with Gasteiger partial charge >= 0.3 is 0 Å². The first-order chi connectivity index (χ1) is 13.5. The molecule has 5 heteroatoms. The number of thioether (sulfide) groups is 1. The zero-order valence-corrected chi connectivity index (χ0v) is 16.4. The van der Waals surface area contributed by atoms with Gasteiger partial charge in [0.1, 0.15) is 0 Å². The number of amides is 2. The summed E-state index contributed by atoms with van der Waals surface area (Å²) in [6, 6.07) is 16.6. The number of carbonyl (C=O) groups is 2. The molecular formula is C23H18N2O2S. The summed E-state index contributed by atoms with van der Waals surface area (Å²) in [5, 5.41) is 2.04. The van der Waals surface area contributed by atoms with Gasteiger partial charge in [0.2, 0.25) is 0 Å². The minimum atomic E-state index is -0.330. The van der Waals surface area contributed by atoms with Gasteiger partial charge in [0, 0.05) is 17.1 Å². The minimum absolute atomic E-state index is 0.00187. The number of hydrogen-bond donors (Lipinski definition) is 0. The number of aryl methyl sites for hydroxylation is 1. The Morgan fingerprint density at radius 2 is 1.82 bits per heavy atom. The van der Waals surface area contributed by atoms with E-state index >= 15 is 0 Å². The summed E-state index contributed by atoms with van der Waals surface area (Å²) in [6.07, 6.45) is 7.03. The highest BCUT2D eigenvalue weighted by Crippen LogP contribution is 2.33. The lowest BCUT2D eigenvalue weighted by molar-refractivity contribution is -0.122. The monoisotopic (exact) mass is 386 g/mol. The molecule has 28 heavy (non-hydrogen) atoms. The summed E-state index contributed by atoms with van der Waals surface area (Å²) >= 11 is 0.932. The Kier molecular flexibility index (Phi) is 4.58. The first-order valence-electron chi connectivity index (χ1n) is 8.86. The van der Waals surface area contributed by atoms with Crippen LogP contribution in [0.25, 0.3) is 22.5 Å². The van der Waals surface area contributed by atoms with Gasteiger partial charge in [-0.25, -0.2) is 0 Å². The molecule has 0 N–H and O–H groups in total. The van der Waals surface area contributed by atoms with Gasteiger partial charge in [-0.2, -0.15) is 0 Å². The van der Waals surface area contributed by atoms with Crippen molar-refractivity contribution in [3.05, 3.63) is 70.4 Å². The number of imide groups is 1. The molecule has 0 aliphatic carbocycles. The van der Waals surface area contributed by atoms with E-state index in [0.717, 1.165) is 39.3 Å². The van der Waals surface area contributed by atoms with Crippen LogP contribution in [-0.4, -0.2) is 27.2 Å². The van der Waals surface area contributed by atoms with Gasteiger partial charge in [-0.15, -0.1) is 6.42 Å². The number of fused-ring (bicyclic) bond motifs is 1. The van der Waals surface area contributed by atoms with Crippen LogP contribution in [0, 0.1) is 26.2 Å². The quantitative estimate of drug-likeness (QED) is 0.474. The number of nitrogens with zero attached hydrogens (tertiary/aromatic N) is 2. The Hall–Kier alpha value is -3.23. The van der Waals surface area contributed by atoms with E-state index in [-0.39, 0.29) is 17.7 Å². The standard InChI is InChI=1S/C23H18N2O2S/c1-4-11-24-22(26)21(28-23(24)27)14-19-12-15(2)25(16(19)3)20-10-9-17-7-5-6-8-18(17)13-20/h1,5-10,12-14H,11H2,2-3H3/b21-14-. The maximum Gasteiger partial charge on any atom is 0.294 e. The average molecular weight is 386 g/mol. The lowest BCUT2D eigenvalue weighted by atomic mass is 10.1. The molecule has 0 bridgehead atoms. The SMILES string of the molecule is C#CCN1C(=O)S/C(=C\c2cc(C)n(-c3ccc4ccccc4c3)c2C)C1=O. The van der Waals surface area contributed by atoms with Crippen LogP contribution in [0.4, 0.5) is 4.79 Å². The molecule has 0 saturated carbocycles. The third-order valence-electron chi connectivity index (χ3n) is 4.87. The van der Waals surface area contributed by atoms with Crippen molar-refractivity contribution in [3.63, 3.8) is 0 Å². The van der Waals surface area contributed by atoms with Crippen LogP contribution in [0.1, 0.15) is 17.0 Å². The van der Waals surface area contributed by atoms with Crippen molar-refractivity contribution in [2.24, 2.45) is 0 Å². The molecule has 1 aromatic heterocycles. The topological polar surface area (TPSA) is 42.3 Å². The molecule has 0 unspecified atom stereocenters. The predicted molar refractivity (Wildman–Crippen MR) is 114 cm³/mol. The zero-order chi connectivity index (χ0) is 19.8. The third kappa shape index (κ3) is 3.02. The van der Waals surface area contributed by atoms with Crippen LogP contribution in [-0.2, 0) is 4.79 Å². The number of aromatic nitrogens is 1. The molecule has 0 radical (unpaired) electrons. The Labute approximate surface area is 167 Å². The molecule has 138 valence electrons. The third-order valence-corrected chi connectivity index (χ3v) is 5.78. The summed E-state index contributed by atoms with van der Waals surface area (Å²) in [5.74, 6) is 2.03. The van der Waals surface area contributed by atoms with Crippen molar-refractivity contribution < 1.29 is 9.59 Å². The molecule has 1 fully saturated rings. The molecule has 3 aromatic rings. The highest BCUT2D eigenvalue weighted by Gasteiger charge is 2.34. The molecule has 1 saturated heterocycles. The second-order valence-electron chi connectivity index (χ2n) is 6.67. The van der Waals surface area contributed by atoms with Gasteiger partial charge in [-0.1, -0.05) is 36.3 Å². The van der Waals surface area contributed by atoms with Crippen molar-refractivity contribution in [1.82, 2.24) is 9.47 Å². The summed E-state index contributed by atoms with van der Waals surface area (Å²) in [5.41, 5.74) is 4.05. The molecule has 2 heterocycles. The Morgan fingerprint density at radius 3 is 2.57 bits per heavy atom. The van der Waals surface area contributed by atoms with E-state index in [0.29, 0.717) is 4.91 Å². The fourth-order valence-electron chi connectivity index (χ4n) is 3.52. The molecular weight excluding hydrogens is 368 g/mol. The lowest BCUT2D eigenvalue weighted by Crippen LogP contribution is -2.28. The second kappa shape index (κ2) is 7.06. The van der Waals surface area contributed by atoms with E-state index in [1.807, 2.05) is 32.0 Å². The predicted octanol–water partition coefficient (Wildman–Crippen LogP) is 4.92. The molecule has 0 spiro atoms. The summed E-state index contributed by atoms with van der Waals surface area (Å²) in [4.78, 5) is 25.9. The fourth-order valence-corrected chi connectivity index (χ4v) is 4.34. The van der Waals surface area contributed by atoms with E-state index in [1.165, 1.54) is 10.8 Å². The van der Waals surface area contributed by atoms with Crippen LogP contribution >= 0.6 is 11.8 Å². The second-order valence-corrected chi connectivity index (χ2v) is 7.66. The molecule has 1 aliphatic rings. The number of terminal acetylenes is 1. The highest BCUT2D eigenvalue weighted by atomic mass is 32.2. The first kappa shape index (κ1) is 18.1. The Bertz CT molecular complexity index is 1200. The van der Waals surface area contributed by atoms with Gasteiger partial charge in [-0.05, 0) is 66.2 Å². The normalized spacial score (nSPS) is 15.6. The molecule has 4 rings (SSSR count). The van der Waals surface area contributed by atoms with E-state index in [9.17, 15) is 9.59 Å².